The molecule has 2 fully saturated rings. The van der Waals surface area contributed by atoms with Gasteiger partial charge in [-0.05, 0) is 43.4 Å². The van der Waals surface area contributed by atoms with Crippen molar-refractivity contribution in [2.75, 3.05) is 62.8 Å². The highest BCUT2D eigenvalue weighted by atomic mass is 32.1. The minimum atomic E-state index is -0.379. The largest absolute Gasteiger partial charge is 0.474 e. The smallest absolute Gasteiger partial charge is 0.414 e. The van der Waals surface area contributed by atoms with E-state index >= 15 is 0 Å². The summed E-state index contributed by atoms with van der Waals surface area (Å²) in [5.74, 6) is 0. The molecule has 2 aliphatic heterocycles. The van der Waals surface area contributed by atoms with Gasteiger partial charge in [0.25, 0.3) is 5.17 Å². The van der Waals surface area contributed by atoms with Gasteiger partial charge in [-0.3, -0.25) is 4.90 Å². The van der Waals surface area contributed by atoms with Gasteiger partial charge in [-0.15, -0.1) is 0 Å². The zero-order valence-corrected chi connectivity index (χ0v) is 17.4. The topological polar surface area (TPSA) is 83.6 Å². The van der Waals surface area contributed by atoms with E-state index in [-0.39, 0.29) is 23.5 Å². The molecule has 0 spiro atoms. The van der Waals surface area contributed by atoms with Crippen LogP contribution < -0.4 is 15.1 Å². The van der Waals surface area contributed by atoms with Crippen LogP contribution in [0.5, 0.6) is 0 Å². The molecule has 0 aromatic heterocycles. The highest BCUT2D eigenvalue weighted by molar-refractivity contribution is 7.80. The number of methoxy groups -OCH3 is 1. The summed E-state index contributed by atoms with van der Waals surface area (Å²) in [6, 6.07) is 7.77. The van der Waals surface area contributed by atoms with Crippen LogP contribution >= 0.6 is 12.2 Å². The Labute approximate surface area is 175 Å². The summed E-state index contributed by atoms with van der Waals surface area (Å²) in [6.45, 7) is 5.74. The van der Waals surface area contributed by atoms with E-state index in [9.17, 15) is 9.59 Å². The molecule has 158 valence electrons. The fourth-order valence-corrected chi connectivity index (χ4v) is 3.40. The molecular weight excluding hydrogens is 396 g/mol. The third-order valence-corrected chi connectivity index (χ3v) is 5.18. The van der Waals surface area contributed by atoms with Crippen molar-refractivity contribution < 1.29 is 23.8 Å². The molecule has 0 radical (unpaired) electrons. The number of ether oxygens (including phenoxy) is 3. The van der Waals surface area contributed by atoms with Gasteiger partial charge in [0, 0.05) is 37.6 Å². The van der Waals surface area contributed by atoms with Gasteiger partial charge < -0.3 is 29.3 Å². The third-order valence-electron chi connectivity index (χ3n) is 4.87. The Morgan fingerprint density at radius 3 is 2.48 bits per heavy atom. The van der Waals surface area contributed by atoms with Crippen molar-refractivity contribution in [2.24, 2.45) is 0 Å². The number of amides is 2. The lowest BCUT2D eigenvalue weighted by Gasteiger charge is -2.35. The van der Waals surface area contributed by atoms with Crippen LogP contribution in [0.4, 0.5) is 21.0 Å². The summed E-state index contributed by atoms with van der Waals surface area (Å²) >= 11 is 4.93. The van der Waals surface area contributed by atoms with Crippen LogP contribution in [0.15, 0.2) is 24.3 Å². The highest BCUT2D eigenvalue weighted by Crippen LogP contribution is 2.25. The first-order valence-corrected chi connectivity index (χ1v) is 9.99. The molecule has 2 saturated heterocycles. The molecule has 29 heavy (non-hydrogen) atoms. The number of carbonyl (C=O) groups excluding carboxylic acids is 2. The molecule has 9 nitrogen and oxygen atoms in total. The van der Waals surface area contributed by atoms with Crippen LogP contribution in [0.2, 0.25) is 0 Å². The van der Waals surface area contributed by atoms with E-state index < -0.39 is 0 Å². The Hall–Kier alpha value is -2.75. The van der Waals surface area contributed by atoms with E-state index in [0.29, 0.717) is 32.8 Å². The number of piperazine rings is 1. The van der Waals surface area contributed by atoms with Gasteiger partial charge in [0.15, 0.2) is 0 Å². The summed E-state index contributed by atoms with van der Waals surface area (Å²) in [7, 11) is 1.49. The SMILES string of the molecule is CCOC(=O)N1CCN(c2ccc(N3CC(CNC(=S)OC)OC3=O)cc2)CC1. The van der Waals surface area contributed by atoms with Crippen LogP contribution in [0, 0.1) is 0 Å². The molecule has 3 rings (SSSR count). The van der Waals surface area contributed by atoms with E-state index in [1.165, 1.54) is 7.11 Å². The molecular formula is C19H26N4O5S. The van der Waals surface area contributed by atoms with Gasteiger partial charge >= 0.3 is 12.2 Å². The van der Waals surface area contributed by atoms with Crippen molar-refractivity contribution in [1.29, 1.82) is 0 Å². The van der Waals surface area contributed by atoms with Crippen molar-refractivity contribution in [1.82, 2.24) is 10.2 Å². The van der Waals surface area contributed by atoms with Crippen LogP contribution in [0.3, 0.4) is 0 Å². The van der Waals surface area contributed by atoms with E-state index in [0.717, 1.165) is 24.5 Å². The van der Waals surface area contributed by atoms with Crippen molar-refractivity contribution in [2.45, 2.75) is 13.0 Å². The summed E-state index contributed by atoms with van der Waals surface area (Å²) in [5, 5.41) is 3.17. The lowest BCUT2D eigenvalue weighted by molar-refractivity contribution is 0.105. The molecule has 1 aromatic carbocycles. The van der Waals surface area contributed by atoms with Crippen LogP contribution in [0.25, 0.3) is 0 Å². The van der Waals surface area contributed by atoms with E-state index in [1.54, 1.807) is 16.7 Å². The maximum absolute atomic E-state index is 12.2. The average molecular weight is 423 g/mol. The first-order chi connectivity index (χ1) is 14.0. The number of hydrogen-bond acceptors (Lipinski definition) is 7. The Balaban J connectivity index is 1.53. The summed E-state index contributed by atoms with van der Waals surface area (Å²) in [5.41, 5.74) is 1.83. The molecule has 10 heteroatoms. The molecule has 1 N–H and O–H groups in total. The maximum Gasteiger partial charge on any atom is 0.414 e. The number of rotatable bonds is 5. The number of nitrogens with one attached hydrogen (secondary N) is 1. The first kappa shape index (κ1) is 21.0. The number of benzene rings is 1. The fourth-order valence-electron chi connectivity index (χ4n) is 3.31. The van der Waals surface area contributed by atoms with Gasteiger partial charge in [0.1, 0.15) is 6.10 Å². The molecule has 0 aliphatic carbocycles. The molecule has 2 heterocycles. The van der Waals surface area contributed by atoms with Gasteiger partial charge in [-0.1, -0.05) is 0 Å². The Bertz CT molecular complexity index is 737. The number of cyclic esters (lactones) is 1. The fraction of sp³-hybridized carbons (Fsp3) is 0.526. The van der Waals surface area contributed by atoms with Gasteiger partial charge in [-0.25, -0.2) is 9.59 Å². The second kappa shape index (κ2) is 9.64. The van der Waals surface area contributed by atoms with Crippen molar-refractivity contribution in [3.8, 4) is 0 Å². The molecule has 1 aromatic rings. The minimum Gasteiger partial charge on any atom is -0.474 e. The van der Waals surface area contributed by atoms with E-state index in [1.807, 2.05) is 24.3 Å². The summed E-state index contributed by atoms with van der Waals surface area (Å²) in [6.07, 6.45) is -0.937. The standard InChI is InChI=1S/C19H26N4O5S/c1-3-27-18(24)22-10-8-21(9-11-22)14-4-6-15(7-5-14)23-13-16(28-19(23)25)12-20-17(29)26-2/h4-7,16H,3,8-13H2,1-2H3,(H,20,29). The van der Waals surface area contributed by atoms with Crippen molar-refractivity contribution in [3.05, 3.63) is 24.3 Å². The molecule has 0 bridgehead atoms. The lowest BCUT2D eigenvalue weighted by atomic mass is 10.2. The molecule has 2 aliphatic rings. The van der Waals surface area contributed by atoms with Crippen molar-refractivity contribution >= 4 is 41.0 Å². The first-order valence-electron chi connectivity index (χ1n) is 9.58. The Morgan fingerprint density at radius 1 is 1.21 bits per heavy atom. The summed E-state index contributed by atoms with van der Waals surface area (Å²) in [4.78, 5) is 29.5. The zero-order chi connectivity index (χ0) is 20.8. The Kier molecular flexibility index (Phi) is 6.97. The predicted octanol–water partition coefficient (Wildman–Crippen LogP) is 1.81. The van der Waals surface area contributed by atoms with Crippen LogP contribution in [-0.2, 0) is 14.2 Å². The number of nitrogens with zero attached hydrogens (tertiary/aromatic N) is 3. The van der Waals surface area contributed by atoms with Crippen LogP contribution in [-0.4, -0.2) is 81.4 Å². The number of thiocarbonyl (C=S) groups is 1. The quantitative estimate of drug-likeness (QED) is 0.720. The van der Waals surface area contributed by atoms with Gasteiger partial charge in [0.2, 0.25) is 0 Å². The number of hydrogen-bond donors (Lipinski definition) is 1. The molecule has 2 amide bonds. The van der Waals surface area contributed by atoms with Crippen molar-refractivity contribution in [3.63, 3.8) is 0 Å². The zero-order valence-electron chi connectivity index (χ0n) is 16.6. The predicted molar refractivity (Wildman–Crippen MR) is 112 cm³/mol. The van der Waals surface area contributed by atoms with Gasteiger partial charge in [-0.2, -0.15) is 0 Å². The van der Waals surface area contributed by atoms with E-state index in [4.69, 9.17) is 26.4 Å². The number of anilines is 2. The number of carbonyl (C=O) groups is 2. The highest BCUT2D eigenvalue weighted by Gasteiger charge is 2.32. The second-order valence-electron chi connectivity index (χ2n) is 6.68. The molecule has 1 atom stereocenters. The Morgan fingerprint density at radius 2 is 1.86 bits per heavy atom. The maximum atomic E-state index is 12.2. The second-order valence-corrected chi connectivity index (χ2v) is 7.05. The van der Waals surface area contributed by atoms with E-state index in [2.05, 4.69) is 10.2 Å². The lowest BCUT2D eigenvalue weighted by Crippen LogP contribution is -2.49. The van der Waals surface area contributed by atoms with Crippen LogP contribution in [0.1, 0.15) is 6.92 Å². The van der Waals surface area contributed by atoms with Gasteiger partial charge in [0.05, 0.1) is 26.8 Å². The molecule has 0 saturated carbocycles. The third kappa shape index (κ3) is 5.20. The summed E-state index contributed by atoms with van der Waals surface area (Å²) < 4.78 is 15.3. The minimum absolute atomic E-state index is 0.259. The average Bonchev–Trinajstić information content (AvgIpc) is 3.13. The normalized spacial score (nSPS) is 19.0. The molecule has 1 unspecified atom stereocenters. The monoisotopic (exact) mass is 422 g/mol.